The van der Waals surface area contributed by atoms with Crippen LogP contribution in [0.1, 0.15) is 11.1 Å². The predicted molar refractivity (Wildman–Crippen MR) is 59.2 cm³/mol. The van der Waals surface area contributed by atoms with Crippen molar-refractivity contribution in [2.24, 2.45) is 0 Å². The molecule has 15 heavy (non-hydrogen) atoms. The van der Waals surface area contributed by atoms with Gasteiger partial charge in [-0.1, -0.05) is 29.5 Å². The van der Waals surface area contributed by atoms with Gasteiger partial charge in [0.05, 0.1) is 11.6 Å². The molecule has 1 aromatic heterocycles. The number of nitriles is 1. The standard InChI is InChI=1S/C11H9N3S/c12-7-9-3-1-2-4-10(9)8-14-5-6-15-11(14)13/h1-6,13H,8H2/p+1. The van der Waals surface area contributed by atoms with Crippen molar-refractivity contribution in [1.29, 1.82) is 5.26 Å². The van der Waals surface area contributed by atoms with E-state index in [1.807, 2.05) is 40.4 Å². The molecule has 0 saturated carbocycles. The molecule has 0 unspecified atom stereocenters. The van der Waals surface area contributed by atoms with Crippen LogP contribution in [-0.2, 0) is 6.54 Å². The van der Waals surface area contributed by atoms with E-state index in [0.29, 0.717) is 12.1 Å². The summed E-state index contributed by atoms with van der Waals surface area (Å²) >= 11 is 1.49. The number of hydrogen-bond donors (Lipinski definition) is 1. The Kier molecular flexibility index (Phi) is 2.66. The molecule has 0 aliphatic heterocycles. The van der Waals surface area contributed by atoms with Gasteiger partial charge in [-0.2, -0.15) is 5.26 Å². The molecule has 0 bridgehead atoms. The van der Waals surface area contributed by atoms with Crippen LogP contribution in [0.4, 0.5) is 5.13 Å². The van der Waals surface area contributed by atoms with E-state index in [1.165, 1.54) is 11.3 Å². The van der Waals surface area contributed by atoms with Gasteiger partial charge in [0.25, 0.3) is 0 Å². The van der Waals surface area contributed by atoms with Crippen LogP contribution in [-0.4, -0.2) is 0 Å². The van der Waals surface area contributed by atoms with Crippen molar-refractivity contribution in [1.82, 2.24) is 0 Å². The van der Waals surface area contributed by atoms with Gasteiger partial charge in [-0.05, 0) is 6.07 Å². The van der Waals surface area contributed by atoms with Crippen molar-refractivity contribution in [2.45, 2.75) is 6.54 Å². The van der Waals surface area contributed by atoms with Crippen molar-refractivity contribution in [3.8, 4) is 6.07 Å². The predicted octanol–water partition coefficient (Wildman–Crippen LogP) is 1.54. The maximum atomic E-state index is 8.93. The van der Waals surface area contributed by atoms with Crippen LogP contribution < -0.4 is 10.3 Å². The summed E-state index contributed by atoms with van der Waals surface area (Å²) in [7, 11) is 0. The van der Waals surface area contributed by atoms with Crippen LogP contribution >= 0.6 is 11.3 Å². The molecule has 1 aromatic carbocycles. The first-order chi connectivity index (χ1) is 7.31. The summed E-state index contributed by atoms with van der Waals surface area (Å²) in [5.41, 5.74) is 7.48. The molecular weight excluding hydrogens is 206 g/mol. The summed E-state index contributed by atoms with van der Waals surface area (Å²) in [5, 5.41) is 11.6. The molecule has 4 heteroatoms. The van der Waals surface area contributed by atoms with Crippen LogP contribution in [0.3, 0.4) is 0 Å². The van der Waals surface area contributed by atoms with Gasteiger partial charge >= 0.3 is 5.13 Å². The molecule has 1 heterocycles. The summed E-state index contributed by atoms with van der Waals surface area (Å²) in [6.45, 7) is 0.652. The zero-order valence-corrected chi connectivity index (χ0v) is 8.87. The molecule has 74 valence electrons. The maximum Gasteiger partial charge on any atom is 0.331 e. The van der Waals surface area contributed by atoms with Crippen LogP contribution in [0, 0.1) is 11.3 Å². The van der Waals surface area contributed by atoms with E-state index in [1.54, 1.807) is 0 Å². The zero-order chi connectivity index (χ0) is 10.7. The molecule has 0 aliphatic carbocycles. The number of aromatic nitrogens is 1. The Morgan fingerprint density at radius 1 is 1.40 bits per heavy atom. The van der Waals surface area contributed by atoms with Crippen LogP contribution in [0.25, 0.3) is 0 Å². The number of rotatable bonds is 2. The molecule has 0 saturated heterocycles. The van der Waals surface area contributed by atoms with Crippen molar-refractivity contribution in [3.63, 3.8) is 0 Å². The minimum absolute atomic E-state index is 0.652. The highest BCUT2D eigenvalue weighted by Crippen LogP contribution is 2.09. The molecule has 0 aliphatic rings. The fourth-order valence-corrected chi connectivity index (χ4v) is 2.00. The van der Waals surface area contributed by atoms with Gasteiger partial charge in [0.15, 0.2) is 0 Å². The van der Waals surface area contributed by atoms with Gasteiger partial charge in [-0.15, -0.1) is 0 Å². The first-order valence-electron chi connectivity index (χ1n) is 4.51. The molecule has 0 spiro atoms. The third-order valence-corrected chi connectivity index (χ3v) is 2.92. The largest absolute Gasteiger partial charge is 0.331 e. The lowest BCUT2D eigenvalue weighted by molar-refractivity contribution is -0.669. The monoisotopic (exact) mass is 216 g/mol. The number of benzene rings is 1. The van der Waals surface area contributed by atoms with E-state index in [-0.39, 0.29) is 0 Å². The second-order valence-electron chi connectivity index (χ2n) is 3.14. The minimum Gasteiger partial charge on any atom is -0.278 e. The highest BCUT2D eigenvalue weighted by atomic mass is 32.1. The van der Waals surface area contributed by atoms with E-state index in [2.05, 4.69) is 6.07 Å². The maximum absolute atomic E-state index is 8.93. The Balaban J connectivity index is 2.33. The molecular formula is C11H10N3S+. The van der Waals surface area contributed by atoms with Crippen molar-refractivity contribution >= 4 is 16.5 Å². The third-order valence-electron chi connectivity index (χ3n) is 2.19. The van der Waals surface area contributed by atoms with E-state index >= 15 is 0 Å². The van der Waals surface area contributed by atoms with Gasteiger partial charge in [0.2, 0.25) is 0 Å². The first-order valence-corrected chi connectivity index (χ1v) is 5.39. The number of anilines is 1. The van der Waals surface area contributed by atoms with Gasteiger partial charge < -0.3 is 0 Å². The third kappa shape index (κ3) is 1.97. The van der Waals surface area contributed by atoms with E-state index in [9.17, 15) is 0 Å². The average molecular weight is 216 g/mol. The van der Waals surface area contributed by atoms with Crippen LogP contribution in [0.15, 0.2) is 35.8 Å². The highest BCUT2D eigenvalue weighted by Gasteiger charge is 2.08. The molecule has 0 fully saturated rings. The highest BCUT2D eigenvalue weighted by molar-refractivity contribution is 7.12. The van der Waals surface area contributed by atoms with Gasteiger partial charge in [0, 0.05) is 10.9 Å². The zero-order valence-electron chi connectivity index (χ0n) is 8.05. The topological polar surface area (TPSA) is 53.7 Å². The smallest absolute Gasteiger partial charge is 0.278 e. The normalized spacial score (nSPS) is 9.80. The SMILES string of the molecule is N#Cc1ccccc1C[n+]1ccsc1N. The lowest BCUT2D eigenvalue weighted by atomic mass is 10.1. The second kappa shape index (κ2) is 4.11. The quantitative estimate of drug-likeness (QED) is 0.774. The van der Waals surface area contributed by atoms with Crippen LogP contribution in [0.5, 0.6) is 0 Å². The summed E-state index contributed by atoms with van der Waals surface area (Å²) in [6.07, 6.45) is 1.92. The molecule has 0 atom stereocenters. The van der Waals surface area contributed by atoms with Crippen molar-refractivity contribution in [2.75, 3.05) is 5.73 Å². The Bertz CT molecular complexity index is 511. The number of nitrogens with zero attached hydrogens (tertiary/aromatic N) is 2. The van der Waals surface area contributed by atoms with E-state index in [4.69, 9.17) is 11.0 Å². The fraction of sp³-hybridized carbons (Fsp3) is 0.0909. The van der Waals surface area contributed by atoms with Crippen molar-refractivity contribution in [3.05, 3.63) is 47.0 Å². The summed E-state index contributed by atoms with van der Waals surface area (Å²) in [5.74, 6) is 0. The molecule has 2 N–H and O–H groups in total. The summed E-state index contributed by atoms with van der Waals surface area (Å²) in [4.78, 5) is 0. The van der Waals surface area contributed by atoms with Gasteiger partial charge in [-0.3, -0.25) is 5.73 Å². The molecule has 2 rings (SSSR count). The van der Waals surface area contributed by atoms with Crippen molar-refractivity contribution < 1.29 is 4.57 Å². The number of hydrogen-bond acceptors (Lipinski definition) is 3. The Hall–Kier alpha value is -1.86. The lowest BCUT2D eigenvalue weighted by Crippen LogP contribution is -2.34. The Labute approximate surface area is 92.0 Å². The Morgan fingerprint density at radius 2 is 2.20 bits per heavy atom. The Morgan fingerprint density at radius 3 is 2.87 bits per heavy atom. The van der Waals surface area contributed by atoms with Gasteiger partial charge in [-0.25, -0.2) is 4.57 Å². The van der Waals surface area contributed by atoms with E-state index < -0.39 is 0 Å². The summed E-state index contributed by atoms with van der Waals surface area (Å²) < 4.78 is 1.93. The number of thiazole rings is 1. The molecule has 2 aromatic rings. The lowest BCUT2D eigenvalue weighted by Gasteiger charge is -2.00. The number of nitrogens with two attached hydrogens (primary N) is 1. The molecule has 3 nitrogen and oxygen atoms in total. The average Bonchev–Trinajstić information content (AvgIpc) is 2.65. The molecule has 0 amide bonds. The second-order valence-corrected chi connectivity index (χ2v) is 4.06. The minimum atomic E-state index is 0.652. The van der Waals surface area contributed by atoms with Gasteiger partial charge in [0.1, 0.15) is 12.7 Å². The first kappa shape index (κ1) is 9.69. The number of nitrogen functional groups attached to an aromatic ring is 1. The van der Waals surface area contributed by atoms with E-state index in [0.717, 1.165) is 10.7 Å². The van der Waals surface area contributed by atoms with Crippen LogP contribution in [0.2, 0.25) is 0 Å². The summed E-state index contributed by atoms with van der Waals surface area (Å²) in [6, 6.07) is 9.74. The molecule has 0 radical (unpaired) electrons. The fourth-order valence-electron chi connectivity index (χ4n) is 1.40.